The van der Waals surface area contributed by atoms with Crippen molar-refractivity contribution in [3.8, 4) is 0 Å². The molecule has 2 rings (SSSR count). The Labute approximate surface area is 96.3 Å². The number of fused-ring (bicyclic) bond motifs is 1. The molecule has 1 aromatic heterocycles. The third-order valence-electron chi connectivity index (χ3n) is 2.21. The van der Waals surface area contributed by atoms with Gasteiger partial charge in [-0.15, -0.1) is 0 Å². The van der Waals surface area contributed by atoms with Crippen LogP contribution in [0.25, 0.3) is 10.9 Å². The standard InChI is InChI=1S/C11H9ClF2N2/c1-5(2)11-15-9-7(10(12)16-11)3-6(13)4-8(9)14/h3-5H,1-2H3. The summed E-state index contributed by atoms with van der Waals surface area (Å²) in [5.74, 6) is -0.927. The summed E-state index contributed by atoms with van der Waals surface area (Å²) in [5.41, 5.74) is 0.0603. The van der Waals surface area contributed by atoms with Gasteiger partial charge < -0.3 is 0 Å². The van der Waals surface area contributed by atoms with E-state index in [0.717, 1.165) is 12.1 Å². The van der Waals surface area contributed by atoms with E-state index in [1.807, 2.05) is 13.8 Å². The molecule has 0 radical (unpaired) electrons. The summed E-state index contributed by atoms with van der Waals surface area (Å²) >= 11 is 5.87. The monoisotopic (exact) mass is 242 g/mol. The van der Waals surface area contributed by atoms with E-state index >= 15 is 0 Å². The maximum Gasteiger partial charge on any atom is 0.152 e. The van der Waals surface area contributed by atoms with Gasteiger partial charge in [0.25, 0.3) is 0 Å². The molecule has 0 atom stereocenters. The Hall–Kier alpha value is -1.29. The van der Waals surface area contributed by atoms with E-state index in [-0.39, 0.29) is 22.0 Å². The summed E-state index contributed by atoms with van der Waals surface area (Å²) in [6, 6.07) is 1.92. The summed E-state index contributed by atoms with van der Waals surface area (Å²) in [6.45, 7) is 3.75. The molecule has 2 nitrogen and oxygen atoms in total. The van der Waals surface area contributed by atoms with Crippen molar-refractivity contribution in [2.24, 2.45) is 0 Å². The third-order valence-corrected chi connectivity index (χ3v) is 2.49. The highest BCUT2D eigenvalue weighted by molar-refractivity contribution is 6.34. The molecule has 5 heteroatoms. The van der Waals surface area contributed by atoms with E-state index in [1.54, 1.807) is 0 Å². The van der Waals surface area contributed by atoms with Gasteiger partial charge in [-0.25, -0.2) is 18.7 Å². The van der Waals surface area contributed by atoms with Gasteiger partial charge in [0.2, 0.25) is 0 Å². The molecular weight excluding hydrogens is 234 g/mol. The Balaban J connectivity index is 2.82. The van der Waals surface area contributed by atoms with Gasteiger partial charge in [0, 0.05) is 17.4 Å². The molecule has 2 aromatic rings. The molecule has 0 saturated heterocycles. The molecule has 0 bridgehead atoms. The molecule has 0 unspecified atom stereocenters. The molecule has 0 amide bonds. The zero-order valence-corrected chi connectivity index (χ0v) is 9.52. The molecule has 1 heterocycles. The molecule has 0 aliphatic carbocycles. The minimum absolute atomic E-state index is 0.0337. The molecule has 0 spiro atoms. The van der Waals surface area contributed by atoms with Crippen molar-refractivity contribution in [1.29, 1.82) is 0 Å². The van der Waals surface area contributed by atoms with Gasteiger partial charge in [-0.2, -0.15) is 0 Å². The molecular formula is C11H9ClF2N2. The first-order valence-electron chi connectivity index (χ1n) is 4.81. The summed E-state index contributed by atoms with van der Waals surface area (Å²) < 4.78 is 26.5. The van der Waals surface area contributed by atoms with Gasteiger partial charge >= 0.3 is 0 Å². The molecule has 0 aliphatic rings. The van der Waals surface area contributed by atoms with E-state index in [2.05, 4.69) is 9.97 Å². The normalized spacial score (nSPS) is 11.4. The van der Waals surface area contributed by atoms with E-state index in [4.69, 9.17) is 11.6 Å². The number of hydrogen-bond donors (Lipinski definition) is 0. The van der Waals surface area contributed by atoms with Gasteiger partial charge in [0.15, 0.2) is 5.82 Å². The minimum atomic E-state index is -0.721. The predicted octanol–water partition coefficient (Wildman–Crippen LogP) is 3.68. The fraction of sp³-hybridized carbons (Fsp3) is 0.273. The molecule has 16 heavy (non-hydrogen) atoms. The third kappa shape index (κ3) is 1.85. The Kier molecular flexibility index (Phi) is 2.76. The molecule has 84 valence electrons. The number of rotatable bonds is 1. The van der Waals surface area contributed by atoms with E-state index in [0.29, 0.717) is 5.82 Å². The number of halogens is 3. The fourth-order valence-electron chi connectivity index (χ4n) is 1.40. The second kappa shape index (κ2) is 3.94. The molecule has 1 aromatic carbocycles. The number of benzene rings is 1. The lowest BCUT2D eigenvalue weighted by molar-refractivity contribution is 0.589. The van der Waals surface area contributed by atoms with Crippen LogP contribution in [0.15, 0.2) is 12.1 Å². The SMILES string of the molecule is CC(C)c1nc(Cl)c2cc(F)cc(F)c2n1. The average Bonchev–Trinajstić information content (AvgIpc) is 2.19. The molecule has 0 aliphatic heterocycles. The van der Waals surface area contributed by atoms with Crippen molar-refractivity contribution < 1.29 is 8.78 Å². The highest BCUT2D eigenvalue weighted by Gasteiger charge is 2.13. The summed E-state index contributed by atoms with van der Waals surface area (Å²) in [6.07, 6.45) is 0. The van der Waals surface area contributed by atoms with Gasteiger partial charge in [-0.3, -0.25) is 0 Å². The van der Waals surface area contributed by atoms with Crippen molar-refractivity contribution in [3.05, 3.63) is 34.7 Å². The van der Waals surface area contributed by atoms with Gasteiger partial charge in [0.05, 0.1) is 0 Å². The fourth-order valence-corrected chi connectivity index (χ4v) is 1.63. The van der Waals surface area contributed by atoms with Crippen LogP contribution in [0.1, 0.15) is 25.6 Å². The molecule has 0 N–H and O–H groups in total. The molecule has 0 fully saturated rings. The summed E-state index contributed by atoms with van der Waals surface area (Å²) in [4.78, 5) is 8.04. The van der Waals surface area contributed by atoms with Crippen LogP contribution in [0.3, 0.4) is 0 Å². The van der Waals surface area contributed by atoms with E-state index < -0.39 is 11.6 Å². The lowest BCUT2D eigenvalue weighted by Gasteiger charge is -2.07. The Bertz CT molecular complexity index is 555. The van der Waals surface area contributed by atoms with Crippen LogP contribution in [0, 0.1) is 11.6 Å². The Morgan fingerprint density at radius 1 is 1.19 bits per heavy atom. The second-order valence-corrected chi connectivity index (χ2v) is 4.17. The maximum absolute atomic E-state index is 13.5. The molecule has 0 saturated carbocycles. The average molecular weight is 243 g/mol. The Morgan fingerprint density at radius 2 is 1.88 bits per heavy atom. The van der Waals surface area contributed by atoms with E-state index in [9.17, 15) is 8.78 Å². The predicted molar refractivity (Wildman–Crippen MR) is 58.6 cm³/mol. The largest absolute Gasteiger partial charge is 0.229 e. The quantitative estimate of drug-likeness (QED) is 0.713. The van der Waals surface area contributed by atoms with Crippen LogP contribution < -0.4 is 0 Å². The highest BCUT2D eigenvalue weighted by Crippen LogP contribution is 2.25. The Morgan fingerprint density at radius 3 is 2.50 bits per heavy atom. The highest BCUT2D eigenvalue weighted by atomic mass is 35.5. The lowest BCUT2D eigenvalue weighted by Crippen LogP contribution is -2.00. The number of aromatic nitrogens is 2. The van der Waals surface area contributed by atoms with Crippen molar-refractivity contribution in [2.45, 2.75) is 19.8 Å². The zero-order chi connectivity index (χ0) is 11.9. The van der Waals surface area contributed by atoms with Crippen LogP contribution >= 0.6 is 11.6 Å². The van der Waals surface area contributed by atoms with Crippen molar-refractivity contribution in [2.75, 3.05) is 0 Å². The maximum atomic E-state index is 13.5. The smallest absolute Gasteiger partial charge is 0.152 e. The first-order chi connectivity index (χ1) is 7.49. The number of hydrogen-bond acceptors (Lipinski definition) is 2. The van der Waals surface area contributed by atoms with Crippen LogP contribution in [0.4, 0.5) is 8.78 Å². The first kappa shape index (κ1) is 11.2. The van der Waals surface area contributed by atoms with Crippen molar-refractivity contribution in [1.82, 2.24) is 9.97 Å². The number of nitrogens with zero attached hydrogens (tertiary/aromatic N) is 2. The van der Waals surface area contributed by atoms with Crippen LogP contribution in [0.2, 0.25) is 5.15 Å². The van der Waals surface area contributed by atoms with Gasteiger partial charge in [0.1, 0.15) is 22.3 Å². The van der Waals surface area contributed by atoms with Crippen LogP contribution in [-0.4, -0.2) is 9.97 Å². The van der Waals surface area contributed by atoms with Crippen molar-refractivity contribution in [3.63, 3.8) is 0 Å². The summed E-state index contributed by atoms with van der Waals surface area (Å²) in [5, 5.41) is 0.274. The topological polar surface area (TPSA) is 25.8 Å². The summed E-state index contributed by atoms with van der Waals surface area (Å²) in [7, 11) is 0. The van der Waals surface area contributed by atoms with Crippen LogP contribution in [0.5, 0.6) is 0 Å². The second-order valence-electron chi connectivity index (χ2n) is 3.81. The van der Waals surface area contributed by atoms with Crippen molar-refractivity contribution >= 4 is 22.5 Å². The van der Waals surface area contributed by atoms with E-state index in [1.165, 1.54) is 0 Å². The first-order valence-corrected chi connectivity index (χ1v) is 5.19. The zero-order valence-electron chi connectivity index (χ0n) is 8.76. The van der Waals surface area contributed by atoms with Gasteiger partial charge in [-0.05, 0) is 6.07 Å². The van der Waals surface area contributed by atoms with Crippen LogP contribution in [-0.2, 0) is 0 Å². The van der Waals surface area contributed by atoms with Gasteiger partial charge in [-0.1, -0.05) is 25.4 Å². The lowest BCUT2D eigenvalue weighted by atomic mass is 10.2. The minimum Gasteiger partial charge on any atom is -0.229 e.